The summed E-state index contributed by atoms with van der Waals surface area (Å²) in [5, 5.41) is 3.32. The second kappa shape index (κ2) is 8.15. The summed E-state index contributed by atoms with van der Waals surface area (Å²) < 4.78 is 16.3. The minimum Gasteiger partial charge on any atom is -0.491 e. The molecule has 1 aliphatic heterocycles. The molecular formula is C15H23NO3. The first kappa shape index (κ1) is 14.3. The quantitative estimate of drug-likeness (QED) is 0.730. The molecule has 1 aromatic rings. The van der Waals surface area contributed by atoms with Crippen molar-refractivity contribution in [1.29, 1.82) is 0 Å². The monoisotopic (exact) mass is 265 g/mol. The molecule has 1 heterocycles. The van der Waals surface area contributed by atoms with Gasteiger partial charge in [0.05, 0.1) is 12.7 Å². The van der Waals surface area contributed by atoms with E-state index in [2.05, 4.69) is 17.4 Å². The van der Waals surface area contributed by atoms with Gasteiger partial charge in [-0.3, -0.25) is 0 Å². The molecule has 0 aromatic heterocycles. The maximum absolute atomic E-state index is 5.78. The van der Waals surface area contributed by atoms with Gasteiger partial charge in [-0.2, -0.15) is 0 Å². The molecule has 19 heavy (non-hydrogen) atoms. The third kappa shape index (κ3) is 5.19. The fourth-order valence-corrected chi connectivity index (χ4v) is 2.12. The van der Waals surface area contributed by atoms with E-state index < -0.39 is 0 Å². The Kier molecular flexibility index (Phi) is 6.14. The Bertz CT molecular complexity index is 364. The third-order valence-electron chi connectivity index (χ3n) is 3.17. The molecule has 1 saturated heterocycles. The normalized spacial score (nSPS) is 18.7. The first-order valence-electron chi connectivity index (χ1n) is 6.91. The number of rotatable bonds is 8. The van der Waals surface area contributed by atoms with E-state index in [0.717, 1.165) is 44.9 Å². The van der Waals surface area contributed by atoms with E-state index in [0.29, 0.717) is 6.61 Å². The van der Waals surface area contributed by atoms with Crippen molar-refractivity contribution in [2.24, 2.45) is 0 Å². The average molecular weight is 265 g/mol. The molecule has 0 spiro atoms. The second-order valence-electron chi connectivity index (χ2n) is 4.76. The van der Waals surface area contributed by atoms with E-state index in [1.807, 2.05) is 12.1 Å². The van der Waals surface area contributed by atoms with Crippen LogP contribution < -0.4 is 10.1 Å². The van der Waals surface area contributed by atoms with E-state index in [9.17, 15) is 0 Å². The third-order valence-corrected chi connectivity index (χ3v) is 3.17. The van der Waals surface area contributed by atoms with Crippen LogP contribution in [0.15, 0.2) is 24.3 Å². The van der Waals surface area contributed by atoms with Crippen molar-refractivity contribution < 1.29 is 14.2 Å². The lowest BCUT2D eigenvalue weighted by atomic mass is 10.2. The minimum absolute atomic E-state index is 0.267. The maximum atomic E-state index is 5.78. The Morgan fingerprint density at radius 3 is 3.16 bits per heavy atom. The fraction of sp³-hybridized carbons (Fsp3) is 0.600. The standard InChI is InChI=1S/C15H23NO3/c1-17-9-7-16-11-13-4-2-5-14(10-13)19-12-15-6-3-8-18-15/h2,4-5,10,15-16H,3,6-9,11-12H2,1H3. The Morgan fingerprint density at radius 2 is 2.37 bits per heavy atom. The Morgan fingerprint density at radius 1 is 1.42 bits per heavy atom. The van der Waals surface area contributed by atoms with Gasteiger partial charge < -0.3 is 19.5 Å². The van der Waals surface area contributed by atoms with E-state index in [4.69, 9.17) is 14.2 Å². The summed E-state index contributed by atoms with van der Waals surface area (Å²) in [5.41, 5.74) is 1.22. The molecule has 2 rings (SSSR count). The van der Waals surface area contributed by atoms with Gasteiger partial charge in [-0.25, -0.2) is 0 Å². The van der Waals surface area contributed by atoms with Crippen LogP contribution in [0.5, 0.6) is 5.75 Å². The molecule has 1 atom stereocenters. The zero-order valence-electron chi connectivity index (χ0n) is 11.6. The second-order valence-corrected chi connectivity index (χ2v) is 4.76. The lowest BCUT2D eigenvalue weighted by Gasteiger charge is -2.12. The average Bonchev–Trinajstić information content (AvgIpc) is 2.95. The van der Waals surface area contributed by atoms with Crippen LogP contribution in [0.25, 0.3) is 0 Å². The van der Waals surface area contributed by atoms with Crippen molar-refractivity contribution in [1.82, 2.24) is 5.32 Å². The smallest absolute Gasteiger partial charge is 0.119 e. The fourth-order valence-electron chi connectivity index (χ4n) is 2.12. The Hall–Kier alpha value is -1.10. The summed E-state index contributed by atoms with van der Waals surface area (Å²) >= 11 is 0. The molecule has 1 aliphatic rings. The highest BCUT2D eigenvalue weighted by molar-refractivity contribution is 5.28. The van der Waals surface area contributed by atoms with Gasteiger partial charge in [0.1, 0.15) is 12.4 Å². The molecule has 0 amide bonds. The highest BCUT2D eigenvalue weighted by Crippen LogP contribution is 2.17. The summed E-state index contributed by atoms with van der Waals surface area (Å²) in [6, 6.07) is 8.19. The molecule has 0 saturated carbocycles. The van der Waals surface area contributed by atoms with Gasteiger partial charge in [-0.15, -0.1) is 0 Å². The van der Waals surface area contributed by atoms with Crippen molar-refractivity contribution in [2.45, 2.75) is 25.5 Å². The van der Waals surface area contributed by atoms with Crippen molar-refractivity contribution in [2.75, 3.05) is 33.5 Å². The number of ether oxygens (including phenoxy) is 3. The number of benzene rings is 1. The van der Waals surface area contributed by atoms with Crippen LogP contribution in [0.2, 0.25) is 0 Å². The summed E-state index contributed by atoms with van der Waals surface area (Å²) in [5.74, 6) is 0.918. The molecular weight excluding hydrogens is 242 g/mol. The largest absolute Gasteiger partial charge is 0.491 e. The minimum atomic E-state index is 0.267. The van der Waals surface area contributed by atoms with Gasteiger partial charge in [-0.1, -0.05) is 12.1 Å². The van der Waals surface area contributed by atoms with Crippen molar-refractivity contribution in [3.05, 3.63) is 29.8 Å². The Labute approximate surface area is 115 Å². The predicted molar refractivity (Wildman–Crippen MR) is 74.5 cm³/mol. The zero-order chi connectivity index (χ0) is 13.3. The van der Waals surface area contributed by atoms with Crippen LogP contribution in [0.3, 0.4) is 0 Å². The lowest BCUT2D eigenvalue weighted by Crippen LogP contribution is -2.19. The van der Waals surface area contributed by atoms with Crippen LogP contribution in [-0.4, -0.2) is 39.6 Å². The molecule has 1 fully saturated rings. The molecule has 0 bridgehead atoms. The van der Waals surface area contributed by atoms with Gasteiger partial charge in [-0.05, 0) is 30.5 Å². The van der Waals surface area contributed by atoms with Gasteiger partial charge >= 0.3 is 0 Å². The van der Waals surface area contributed by atoms with E-state index >= 15 is 0 Å². The highest BCUT2D eigenvalue weighted by atomic mass is 16.5. The maximum Gasteiger partial charge on any atom is 0.119 e. The molecule has 1 N–H and O–H groups in total. The highest BCUT2D eigenvalue weighted by Gasteiger charge is 2.15. The molecule has 0 radical (unpaired) electrons. The Balaban J connectivity index is 1.74. The molecule has 4 nitrogen and oxygen atoms in total. The number of nitrogens with one attached hydrogen (secondary N) is 1. The SMILES string of the molecule is COCCNCc1cccc(OCC2CCCO2)c1. The van der Waals surface area contributed by atoms with Gasteiger partial charge in [0, 0.05) is 26.8 Å². The van der Waals surface area contributed by atoms with Crippen LogP contribution in [0, 0.1) is 0 Å². The molecule has 4 heteroatoms. The first-order valence-corrected chi connectivity index (χ1v) is 6.91. The van der Waals surface area contributed by atoms with E-state index in [-0.39, 0.29) is 6.10 Å². The van der Waals surface area contributed by atoms with Crippen molar-refractivity contribution >= 4 is 0 Å². The molecule has 0 aliphatic carbocycles. The number of hydrogen-bond donors (Lipinski definition) is 1. The number of methoxy groups -OCH3 is 1. The topological polar surface area (TPSA) is 39.7 Å². The molecule has 1 unspecified atom stereocenters. The van der Waals surface area contributed by atoms with Gasteiger partial charge in [0.25, 0.3) is 0 Å². The first-order chi connectivity index (χ1) is 9.38. The van der Waals surface area contributed by atoms with Crippen LogP contribution in [0.4, 0.5) is 0 Å². The molecule has 1 aromatic carbocycles. The summed E-state index contributed by atoms with van der Waals surface area (Å²) in [6.07, 6.45) is 2.53. The van der Waals surface area contributed by atoms with E-state index in [1.165, 1.54) is 5.56 Å². The zero-order valence-corrected chi connectivity index (χ0v) is 11.6. The number of hydrogen-bond acceptors (Lipinski definition) is 4. The van der Waals surface area contributed by atoms with Crippen LogP contribution in [-0.2, 0) is 16.0 Å². The summed E-state index contributed by atoms with van der Waals surface area (Å²) in [7, 11) is 1.71. The van der Waals surface area contributed by atoms with Gasteiger partial charge in [0.2, 0.25) is 0 Å². The van der Waals surface area contributed by atoms with Gasteiger partial charge in [0.15, 0.2) is 0 Å². The van der Waals surface area contributed by atoms with Crippen LogP contribution in [0.1, 0.15) is 18.4 Å². The lowest BCUT2D eigenvalue weighted by molar-refractivity contribution is 0.0679. The molecule has 106 valence electrons. The van der Waals surface area contributed by atoms with Crippen molar-refractivity contribution in [3.63, 3.8) is 0 Å². The van der Waals surface area contributed by atoms with Crippen LogP contribution >= 0.6 is 0 Å². The predicted octanol–water partition coefficient (Wildman–Crippen LogP) is 1.98. The summed E-state index contributed by atoms with van der Waals surface area (Å²) in [6.45, 7) is 3.95. The van der Waals surface area contributed by atoms with E-state index in [1.54, 1.807) is 7.11 Å². The van der Waals surface area contributed by atoms with Crippen molar-refractivity contribution in [3.8, 4) is 5.75 Å². The summed E-state index contributed by atoms with van der Waals surface area (Å²) in [4.78, 5) is 0.